The van der Waals surface area contributed by atoms with Crippen LogP contribution in [0.2, 0.25) is 0 Å². The number of ether oxygens (including phenoxy) is 2. The van der Waals surface area contributed by atoms with Gasteiger partial charge < -0.3 is 14.8 Å². The van der Waals surface area contributed by atoms with Gasteiger partial charge in [0, 0.05) is 48.8 Å². The molecule has 166 valence electrons. The number of fused-ring (bicyclic) bond motifs is 1. The lowest BCUT2D eigenvalue weighted by molar-refractivity contribution is 0.0360. The Labute approximate surface area is 186 Å². The molecule has 0 bridgehead atoms. The number of hydrogen-bond donors (Lipinski definition) is 1. The number of para-hydroxylation sites is 1. The molecule has 2 amide bonds. The lowest BCUT2D eigenvalue weighted by Gasteiger charge is -2.28. The fourth-order valence-corrected chi connectivity index (χ4v) is 3.87. The number of hydrogen-bond acceptors (Lipinski definition) is 6. The van der Waals surface area contributed by atoms with E-state index in [-0.39, 0.29) is 6.03 Å². The zero-order valence-corrected chi connectivity index (χ0v) is 17.8. The van der Waals surface area contributed by atoms with Gasteiger partial charge in [0.1, 0.15) is 6.61 Å². The first-order valence-electron chi connectivity index (χ1n) is 10.9. The molecule has 2 aliphatic rings. The zero-order valence-electron chi connectivity index (χ0n) is 17.8. The fourth-order valence-electron chi connectivity index (χ4n) is 3.87. The molecule has 32 heavy (non-hydrogen) atoms. The third kappa shape index (κ3) is 4.58. The van der Waals surface area contributed by atoms with E-state index in [1.165, 1.54) is 0 Å². The fraction of sp³-hybridized carbons (Fsp3) is 0.348. The highest BCUT2D eigenvalue weighted by Crippen LogP contribution is 2.33. The third-order valence-corrected chi connectivity index (χ3v) is 5.65. The molecule has 0 aliphatic carbocycles. The molecule has 1 saturated heterocycles. The average molecular weight is 435 g/mol. The zero-order chi connectivity index (χ0) is 21.8. The maximum atomic E-state index is 12.8. The quantitative estimate of drug-likeness (QED) is 0.665. The molecule has 0 spiro atoms. The predicted molar refractivity (Wildman–Crippen MR) is 121 cm³/mol. The number of rotatable bonds is 5. The Balaban J connectivity index is 1.27. The van der Waals surface area contributed by atoms with E-state index in [0.29, 0.717) is 24.7 Å². The van der Waals surface area contributed by atoms with E-state index < -0.39 is 0 Å². The van der Waals surface area contributed by atoms with Gasteiger partial charge in [-0.3, -0.25) is 14.5 Å². The highest BCUT2D eigenvalue weighted by Gasteiger charge is 2.26. The van der Waals surface area contributed by atoms with Crippen LogP contribution in [0, 0.1) is 0 Å². The summed E-state index contributed by atoms with van der Waals surface area (Å²) in [5.41, 5.74) is 2.62. The molecule has 9 heteroatoms. The van der Waals surface area contributed by atoms with E-state index in [1.54, 1.807) is 11.1 Å². The maximum Gasteiger partial charge on any atom is 0.327 e. The Kier molecular flexibility index (Phi) is 6.00. The highest BCUT2D eigenvalue weighted by atomic mass is 16.5. The van der Waals surface area contributed by atoms with E-state index >= 15 is 0 Å². The van der Waals surface area contributed by atoms with Gasteiger partial charge >= 0.3 is 6.03 Å². The first-order valence-corrected chi connectivity index (χ1v) is 10.9. The lowest BCUT2D eigenvalue weighted by Crippen LogP contribution is -2.41. The number of benzene rings is 1. The number of morpholine rings is 1. The average Bonchev–Trinajstić information content (AvgIpc) is 3.32. The number of amides is 2. The molecule has 2 aliphatic heterocycles. The first-order chi connectivity index (χ1) is 15.8. The molecule has 2 aromatic heterocycles. The topological polar surface area (TPSA) is 84.8 Å². The Morgan fingerprint density at radius 1 is 1.00 bits per heavy atom. The van der Waals surface area contributed by atoms with Gasteiger partial charge in [0.2, 0.25) is 0 Å². The van der Waals surface area contributed by atoms with Gasteiger partial charge in [-0.1, -0.05) is 18.2 Å². The van der Waals surface area contributed by atoms with Crippen LogP contribution in [-0.2, 0) is 11.3 Å². The van der Waals surface area contributed by atoms with E-state index in [2.05, 4.69) is 20.3 Å². The third-order valence-electron chi connectivity index (χ3n) is 5.65. The molecular formula is C23H26N6O3. The summed E-state index contributed by atoms with van der Waals surface area (Å²) in [6.45, 7) is 6.15. The smallest absolute Gasteiger partial charge is 0.327 e. The molecule has 1 fully saturated rings. The van der Waals surface area contributed by atoms with Gasteiger partial charge in [-0.2, -0.15) is 5.10 Å². The Bertz CT molecular complexity index is 1060. The van der Waals surface area contributed by atoms with Gasteiger partial charge in [-0.15, -0.1) is 0 Å². The largest absolute Gasteiger partial charge is 0.488 e. The standard InChI is InChI=1S/C23H26N6O3/c30-23(26-20-4-2-1-3-5-20)29-10-13-32-21-14-18(15-24-22(21)29)19-16-25-28(17-19)7-6-27-8-11-31-12-9-27/h1-5,14-17H,6-13H2,(H,26,30). The van der Waals surface area contributed by atoms with Crippen LogP contribution in [0.25, 0.3) is 11.1 Å². The number of carbonyl (C=O) groups is 1. The van der Waals surface area contributed by atoms with E-state index in [4.69, 9.17) is 9.47 Å². The van der Waals surface area contributed by atoms with Crippen molar-refractivity contribution in [2.45, 2.75) is 6.54 Å². The molecule has 0 unspecified atom stereocenters. The molecule has 0 radical (unpaired) electrons. The number of anilines is 2. The summed E-state index contributed by atoms with van der Waals surface area (Å²) < 4.78 is 13.2. The molecule has 3 aromatic rings. The number of aromatic nitrogens is 3. The van der Waals surface area contributed by atoms with Crippen LogP contribution < -0.4 is 15.0 Å². The minimum Gasteiger partial charge on any atom is -0.488 e. The minimum atomic E-state index is -0.225. The second-order valence-electron chi connectivity index (χ2n) is 7.79. The summed E-state index contributed by atoms with van der Waals surface area (Å²) in [5, 5.41) is 7.40. The number of nitrogens with zero attached hydrogens (tertiary/aromatic N) is 5. The summed E-state index contributed by atoms with van der Waals surface area (Å²) in [7, 11) is 0. The van der Waals surface area contributed by atoms with Crippen LogP contribution in [0.4, 0.5) is 16.3 Å². The molecule has 9 nitrogen and oxygen atoms in total. The van der Waals surface area contributed by atoms with Crippen molar-refractivity contribution in [2.24, 2.45) is 0 Å². The van der Waals surface area contributed by atoms with Crippen LogP contribution >= 0.6 is 0 Å². The van der Waals surface area contributed by atoms with Crippen LogP contribution in [0.5, 0.6) is 5.75 Å². The second kappa shape index (κ2) is 9.37. The Morgan fingerprint density at radius 3 is 2.69 bits per heavy atom. The van der Waals surface area contributed by atoms with Crippen molar-refractivity contribution in [3.8, 4) is 16.9 Å². The van der Waals surface area contributed by atoms with Gasteiger partial charge in [-0.05, 0) is 18.2 Å². The summed E-state index contributed by atoms with van der Waals surface area (Å²) in [4.78, 5) is 21.3. The van der Waals surface area contributed by atoms with Crippen molar-refractivity contribution >= 4 is 17.5 Å². The first kappa shape index (κ1) is 20.5. The SMILES string of the molecule is O=C(Nc1ccccc1)N1CCOc2cc(-c3cnn(CCN4CCOCC4)c3)cnc21. The number of urea groups is 1. The molecule has 0 saturated carbocycles. The molecule has 5 rings (SSSR count). The summed E-state index contributed by atoms with van der Waals surface area (Å²) in [5.74, 6) is 1.12. The van der Waals surface area contributed by atoms with Gasteiger partial charge in [0.25, 0.3) is 0 Å². The van der Waals surface area contributed by atoms with Crippen molar-refractivity contribution < 1.29 is 14.3 Å². The molecule has 4 heterocycles. The van der Waals surface area contributed by atoms with Crippen molar-refractivity contribution in [1.82, 2.24) is 19.7 Å². The molecule has 1 N–H and O–H groups in total. The normalized spacial score (nSPS) is 16.3. The van der Waals surface area contributed by atoms with Crippen molar-refractivity contribution in [2.75, 3.05) is 56.2 Å². The number of nitrogens with one attached hydrogen (secondary N) is 1. The molecule has 0 atom stereocenters. The van der Waals surface area contributed by atoms with Crippen molar-refractivity contribution in [1.29, 1.82) is 0 Å². The van der Waals surface area contributed by atoms with Crippen molar-refractivity contribution in [3.63, 3.8) is 0 Å². The summed E-state index contributed by atoms with van der Waals surface area (Å²) >= 11 is 0. The summed E-state index contributed by atoms with van der Waals surface area (Å²) in [6.07, 6.45) is 5.62. The summed E-state index contributed by atoms with van der Waals surface area (Å²) in [6, 6.07) is 11.1. The van der Waals surface area contributed by atoms with Crippen molar-refractivity contribution in [3.05, 3.63) is 55.0 Å². The van der Waals surface area contributed by atoms with Gasteiger partial charge in [-0.25, -0.2) is 9.78 Å². The maximum absolute atomic E-state index is 12.8. The second-order valence-corrected chi connectivity index (χ2v) is 7.79. The Morgan fingerprint density at radius 2 is 1.84 bits per heavy atom. The molecular weight excluding hydrogens is 408 g/mol. The monoisotopic (exact) mass is 434 g/mol. The van der Waals surface area contributed by atoms with Crippen LogP contribution in [0.3, 0.4) is 0 Å². The van der Waals surface area contributed by atoms with Crippen LogP contribution in [-0.4, -0.2) is 71.7 Å². The van der Waals surface area contributed by atoms with Crippen LogP contribution in [0.15, 0.2) is 55.0 Å². The minimum absolute atomic E-state index is 0.225. The predicted octanol–water partition coefficient (Wildman–Crippen LogP) is 2.71. The number of carbonyl (C=O) groups excluding carboxylic acids is 1. The van der Waals surface area contributed by atoms with E-state index in [9.17, 15) is 4.79 Å². The number of pyridine rings is 1. The highest BCUT2D eigenvalue weighted by molar-refractivity contribution is 6.02. The molecule has 1 aromatic carbocycles. The van der Waals surface area contributed by atoms with Gasteiger partial charge in [0.15, 0.2) is 11.6 Å². The Hall–Kier alpha value is -3.43. The van der Waals surface area contributed by atoms with E-state index in [0.717, 1.165) is 56.2 Å². The van der Waals surface area contributed by atoms with Crippen LogP contribution in [0.1, 0.15) is 0 Å². The van der Waals surface area contributed by atoms with Gasteiger partial charge in [0.05, 0.1) is 32.5 Å². The van der Waals surface area contributed by atoms with E-state index in [1.807, 2.05) is 53.5 Å². The lowest BCUT2D eigenvalue weighted by atomic mass is 10.1.